The highest BCUT2D eigenvalue weighted by molar-refractivity contribution is 8.13. The summed E-state index contributed by atoms with van der Waals surface area (Å²) in [5.74, 6) is -0.361. The van der Waals surface area contributed by atoms with Crippen LogP contribution in [0.4, 0.5) is 0 Å². The van der Waals surface area contributed by atoms with Crippen LogP contribution in [0.1, 0.15) is 5.56 Å². The second-order valence-corrected chi connectivity index (χ2v) is 5.44. The van der Waals surface area contributed by atoms with Crippen LogP contribution in [0.2, 0.25) is 0 Å². The van der Waals surface area contributed by atoms with Crippen LogP contribution in [0.25, 0.3) is 0 Å². The zero-order valence-electron chi connectivity index (χ0n) is 6.60. The molecule has 7 heteroatoms. The van der Waals surface area contributed by atoms with Gasteiger partial charge in [-0.05, 0) is 12.1 Å². The molecule has 0 fully saturated rings. The molecule has 0 unspecified atom stereocenters. The Morgan fingerprint density at radius 1 is 1.50 bits per heavy atom. The molecular weight excluding hydrogens is 246 g/mol. The molecule has 0 aliphatic carbocycles. The van der Waals surface area contributed by atoms with Crippen LogP contribution in [0.3, 0.4) is 0 Å². The number of benzene rings is 1. The molecule has 0 saturated carbocycles. The van der Waals surface area contributed by atoms with Crippen molar-refractivity contribution in [2.24, 2.45) is 0 Å². The van der Waals surface area contributed by atoms with Gasteiger partial charge in [0.2, 0.25) is 0 Å². The molecule has 0 heterocycles. The molecular formula is C7H4ClNO3S2. The molecule has 0 spiro atoms. The minimum atomic E-state index is -3.91. The molecule has 0 aliphatic rings. The van der Waals surface area contributed by atoms with Gasteiger partial charge in [0.15, 0.2) is 0 Å². The van der Waals surface area contributed by atoms with Crippen molar-refractivity contribution >= 4 is 32.4 Å². The van der Waals surface area contributed by atoms with Crippen LogP contribution in [0.5, 0.6) is 5.75 Å². The van der Waals surface area contributed by atoms with Gasteiger partial charge >= 0.3 is 0 Å². The fraction of sp³-hybridized carbons (Fsp3) is 0. The summed E-state index contributed by atoms with van der Waals surface area (Å²) < 4.78 is 21.8. The molecule has 0 amide bonds. The Bertz CT molecular complexity index is 518. The van der Waals surface area contributed by atoms with Gasteiger partial charge in [0.1, 0.15) is 11.8 Å². The summed E-state index contributed by atoms with van der Waals surface area (Å²) in [5, 5.41) is 17.8. The number of nitrogens with zero attached hydrogens (tertiary/aromatic N) is 1. The molecule has 0 bridgehead atoms. The van der Waals surface area contributed by atoms with Crippen LogP contribution >= 0.6 is 23.3 Å². The van der Waals surface area contributed by atoms with E-state index in [1.165, 1.54) is 0 Å². The quantitative estimate of drug-likeness (QED) is 0.584. The third-order valence-electron chi connectivity index (χ3n) is 1.47. The largest absolute Gasteiger partial charge is 0.505 e. The van der Waals surface area contributed by atoms with Crippen molar-refractivity contribution in [1.82, 2.24) is 0 Å². The van der Waals surface area contributed by atoms with Gasteiger partial charge in [0.05, 0.1) is 10.5 Å². The van der Waals surface area contributed by atoms with E-state index in [-0.39, 0.29) is 21.1 Å². The molecule has 1 aromatic rings. The van der Waals surface area contributed by atoms with Crippen molar-refractivity contribution in [3.05, 3.63) is 17.7 Å². The van der Waals surface area contributed by atoms with Crippen molar-refractivity contribution in [3.63, 3.8) is 0 Å². The van der Waals surface area contributed by atoms with Gasteiger partial charge in [-0.1, -0.05) is 0 Å². The molecule has 0 radical (unpaired) electrons. The number of hydrogen-bond donors (Lipinski definition) is 2. The van der Waals surface area contributed by atoms with Gasteiger partial charge in [-0.3, -0.25) is 0 Å². The van der Waals surface area contributed by atoms with E-state index in [2.05, 4.69) is 12.6 Å². The predicted molar refractivity (Wildman–Crippen MR) is 53.1 cm³/mol. The number of phenols is 1. The Hall–Kier alpha value is -0.900. The van der Waals surface area contributed by atoms with E-state index in [1.807, 2.05) is 0 Å². The number of hydrogen-bond acceptors (Lipinski definition) is 5. The normalized spacial score (nSPS) is 10.9. The van der Waals surface area contributed by atoms with E-state index < -0.39 is 9.05 Å². The van der Waals surface area contributed by atoms with E-state index in [4.69, 9.17) is 15.9 Å². The summed E-state index contributed by atoms with van der Waals surface area (Å²) in [7, 11) is 1.15. The molecule has 1 rings (SSSR count). The number of phenolic OH excluding ortho intramolecular Hbond substituents is 1. The minimum Gasteiger partial charge on any atom is -0.505 e. The summed E-state index contributed by atoms with van der Waals surface area (Å²) in [6.07, 6.45) is 0. The second-order valence-electron chi connectivity index (χ2n) is 2.39. The van der Waals surface area contributed by atoms with Crippen LogP contribution in [-0.4, -0.2) is 13.5 Å². The van der Waals surface area contributed by atoms with Gasteiger partial charge in [0.25, 0.3) is 9.05 Å². The highest BCUT2D eigenvalue weighted by Gasteiger charge is 2.15. The van der Waals surface area contributed by atoms with E-state index in [0.29, 0.717) is 0 Å². The first-order chi connectivity index (χ1) is 6.36. The number of aromatic hydroxyl groups is 1. The van der Waals surface area contributed by atoms with E-state index >= 15 is 0 Å². The van der Waals surface area contributed by atoms with E-state index in [0.717, 1.165) is 12.1 Å². The van der Waals surface area contributed by atoms with E-state index in [9.17, 15) is 13.5 Å². The molecule has 14 heavy (non-hydrogen) atoms. The van der Waals surface area contributed by atoms with Gasteiger partial charge in [-0.15, -0.1) is 12.6 Å². The van der Waals surface area contributed by atoms with Crippen molar-refractivity contribution in [2.75, 3.05) is 0 Å². The maximum absolute atomic E-state index is 10.9. The fourth-order valence-electron chi connectivity index (χ4n) is 0.819. The molecule has 1 N–H and O–H groups in total. The molecule has 0 saturated heterocycles. The highest BCUT2D eigenvalue weighted by Crippen LogP contribution is 2.30. The maximum atomic E-state index is 10.9. The Balaban J connectivity index is 3.56. The lowest BCUT2D eigenvalue weighted by molar-refractivity contribution is 0.460. The molecule has 0 atom stereocenters. The first kappa shape index (κ1) is 11.2. The maximum Gasteiger partial charge on any atom is 0.261 e. The first-order valence-corrected chi connectivity index (χ1v) is 6.02. The zero-order chi connectivity index (χ0) is 10.9. The molecule has 0 aromatic heterocycles. The number of rotatable bonds is 1. The number of thiol groups is 1. The Morgan fingerprint density at radius 3 is 2.50 bits per heavy atom. The third-order valence-corrected chi connectivity index (χ3v) is 3.14. The molecule has 74 valence electrons. The average Bonchev–Trinajstić information content (AvgIpc) is 2.07. The SMILES string of the molecule is N#Cc1cc(S(=O)(=O)Cl)cc(S)c1O. The number of halogens is 1. The summed E-state index contributed by atoms with van der Waals surface area (Å²) in [6.45, 7) is 0. The highest BCUT2D eigenvalue weighted by atomic mass is 35.7. The second kappa shape index (κ2) is 3.69. The third kappa shape index (κ3) is 2.12. The summed E-state index contributed by atoms with van der Waals surface area (Å²) >= 11 is 3.80. The number of nitriles is 1. The Labute approximate surface area is 90.6 Å². The summed E-state index contributed by atoms with van der Waals surface area (Å²) in [4.78, 5) is -0.276. The van der Waals surface area contributed by atoms with Gasteiger partial charge in [-0.25, -0.2) is 8.42 Å². The first-order valence-electron chi connectivity index (χ1n) is 3.27. The average molecular weight is 250 g/mol. The van der Waals surface area contributed by atoms with Crippen LogP contribution in [0, 0.1) is 11.3 Å². The Morgan fingerprint density at radius 2 is 2.07 bits per heavy atom. The predicted octanol–water partition coefficient (Wildman–Crippen LogP) is 1.48. The lowest BCUT2D eigenvalue weighted by Crippen LogP contribution is -1.92. The molecule has 1 aromatic carbocycles. The summed E-state index contributed by atoms with van der Waals surface area (Å²) in [5.41, 5.74) is -0.184. The minimum absolute atomic E-state index is 0.0109. The van der Waals surface area contributed by atoms with Crippen LogP contribution < -0.4 is 0 Å². The van der Waals surface area contributed by atoms with Gasteiger partial charge in [-0.2, -0.15) is 5.26 Å². The van der Waals surface area contributed by atoms with E-state index in [1.54, 1.807) is 6.07 Å². The smallest absolute Gasteiger partial charge is 0.261 e. The van der Waals surface area contributed by atoms with Crippen molar-refractivity contribution in [1.29, 1.82) is 5.26 Å². The zero-order valence-corrected chi connectivity index (χ0v) is 9.07. The lowest BCUT2D eigenvalue weighted by Gasteiger charge is -2.02. The van der Waals surface area contributed by atoms with Crippen molar-refractivity contribution < 1.29 is 13.5 Å². The summed E-state index contributed by atoms with van der Waals surface area (Å²) in [6, 6.07) is 3.68. The van der Waals surface area contributed by atoms with Gasteiger partial charge in [0, 0.05) is 15.6 Å². The fourth-order valence-corrected chi connectivity index (χ4v) is 1.95. The van der Waals surface area contributed by atoms with Crippen LogP contribution in [0.15, 0.2) is 21.9 Å². The van der Waals surface area contributed by atoms with Crippen LogP contribution in [-0.2, 0) is 9.05 Å². The Kier molecular flexibility index (Phi) is 2.95. The van der Waals surface area contributed by atoms with Crippen molar-refractivity contribution in [3.8, 4) is 11.8 Å². The molecule has 4 nitrogen and oxygen atoms in total. The lowest BCUT2D eigenvalue weighted by atomic mass is 10.2. The molecule has 0 aliphatic heterocycles. The standard InChI is InChI=1S/C7H4ClNO3S2/c8-14(11,12)5-1-4(3-9)7(10)6(13)2-5/h1-2,10,13H. The van der Waals surface area contributed by atoms with Crippen molar-refractivity contribution in [2.45, 2.75) is 9.79 Å². The van der Waals surface area contributed by atoms with Gasteiger partial charge < -0.3 is 5.11 Å². The monoisotopic (exact) mass is 249 g/mol. The topological polar surface area (TPSA) is 78.2 Å².